The van der Waals surface area contributed by atoms with Gasteiger partial charge in [-0.05, 0) is 0 Å². The zero-order valence-corrected chi connectivity index (χ0v) is 5.92. The van der Waals surface area contributed by atoms with Crippen LogP contribution in [0.4, 0.5) is 0 Å². The van der Waals surface area contributed by atoms with Crippen LogP contribution in [-0.4, -0.2) is 46.3 Å². The molecule has 0 aromatic rings. The minimum atomic E-state index is -1.11. The Balaban J connectivity index is 2.52. The Kier molecular flexibility index (Phi) is 2.80. The van der Waals surface area contributed by atoms with Gasteiger partial charge in [-0.1, -0.05) is 0 Å². The maximum Gasteiger partial charge on any atom is 0.110 e. The Morgan fingerprint density at radius 2 is 2.00 bits per heavy atom. The first-order valence-electron chi connectivity index (χ1n) is 3.38. The summed E-state index contributed by atoms with van der Waals surface area (Å²) >= 11 is 0. The Hall–Kier alpha value is -0.200. The van der Waals surface area contributed by atoms with Gasteiger partial charge in [0, 0.05) is 0 Å². The van der Waals surface area contributed by atoms with Gasteiger partial charge >= 0.3 is 0 Å². The molecule has 0 amide bonds. The van der Waals surface area contributed by atoms with Gasteiger partial charge in [-0.25, -0.2) is 0 Å². The zero-order chi connectivity index (χ0) is 8.43. The molecular weight excluding hydrogens is 150 g/mol. The second kappa shape index (κ2) is 3.46. The van der Waals surface area contributed by atoms with Crippen LogP contribution in [0.2, 0.25) is 0 Å². The molecule has 1 saturated heterocycles. The lowest BCUT2D eigenvalue weighted by atomic mass is 9.99. The Morgan fingerprint density at radius 3 is 2.55 bits per heavy atom. The lowest BCUT2D eigenvalue weighted by molar-refractivity contribution is -0.132. The molecule has 11 heavy (non-hydrogen) atoms. The van der Waals surface area contributed by atoms with E-state index in [2.05, 4.69) is 0 Å². The normalized spacial score (nSPS) is 45.8. The van der Waals surface area contributed by atoms with Crippen molar-refractivity contribution in [1.82, 2.24) is 0 Å². The highest BCUT2D eigenvalue weighted by Gasteiger charge is 2.36. The number of aliphatic hydroxyl groups is 3. The van der Waals surface area contributed by atoms with Crippen LogP contribution in [0.5, 0.6) is 0 Å². The van der Waals surface area contributed by atoms with Gasteiger partial charge in [0.05, 0.1) is 12.6 Å². The number of ether oxygens (including phenoxy) is 1. The number of hydrogen-bond donors (Lipinski definition) is 4. The summed E-state index contributed by atoms with van der Waals surface area (Å²) < 4.78 is 4.81. The molecule has 4 atom stereocenters. The number of rotatable bonds is 1. The molecule has 65 valence electrons. The first-order chi connectivity index (χ1) is 5.16. The molecule has 1 rings (SSSR count). The second-order valence-electron chi connectivity index (χ2n) is 2.55. The third-order valence-electron chi connectivity index (χ3n) is 1.72. The second-order valence-corrected chi connectivity index (χ2v) is 2.55. The smallest absolute Gasteiger partial charge is 0.110 e. The van der Waals surface area contributed by atoms with Crippen LogP contribution in [0, 0.1) is 6.61 Å². The lowest BCUT2D eigenvalue weighted by Crippen LogP contribution is -2.55. The van der Waals surface area contributed by atoms with E-state index in [1.54, 1.807) is 0 Å². The van der Waals surface area contributed by atoms with E-state index in [1.165, 1.54) is 6.61 Å². The van der Waals surface area contributed by atoms with Crippen molar-refractivity contribution in [2.45, 2.75) is 24.4 Å². The number of nitrogens with two attached hydrogens (primary N) is 1. The molecule has 1 aliphatic rings. The van der Waals surface area contributed by atoms with Crippen LogP contribution < -0.4 is 5.73 Å². The number of aliphatic hydroxyl groups excluding tert-OH is 3. The molecule has 1 aliphatic heterocycles. The van der Waals surface area contributed by atoms with Crippen LogP contribution in [0.3, 0.4) is 0 Å². The molecule has 1 fully saturated rings. The topological polar surface area (TPSA) is 95.9 Å². The van der Waals surface area contributed by atoms with Crippen LogP contribution in [-0.2, 0) is 4.74 Å². The van der Waals surface area contributed by atoms with Gasteiger partial charge in [0.1, 0.15) is 24.9 Å². The summed E-state index contributed by atoms with van der Waals surface area (Å²) in [5, 5.41) is 26.9. The molecule has 0 saturated carbocycles. The molecule has 0 spiro atoms. The monoisotopic (exact) mass is 162 g/mol. The fourth-order valence-corrected chi connectivity index (χ4v) is 0.951. The van der Waals surface area contributed by atoms with E-state index in [0.29, 0.717) is 0 Å². The highest BCUT2D eigenvalue weighted by Crippen LogP contribution is 2.16. The molecule has 0 aliphatic carbocycles. The van der Waals surface area contributed by atoms with E-state index in [4.69, 9.17) is 20.7 Å². The SMILES string of the molecule is N[C@@H]1[CH]O[C@H](CO)[C@H](O)[C@@H]1O. The largest absolute Gasteiger partial charge is 0.394 e. The summed E-state index contributed by atoms with van der Waals surface area (Å²) in [5.74, 6) is 0. The van der Waals surface area contributed by atoms with Gasteiger partial charge < -0.3 is 25.8 Å². The summed E-state index contributed by atoms with van der Waals surface area (Å²) in [5.41, 5.74) is 5.31. The zero-order valence-electron chi connectivity index (χ0n) is 5.92. The predicted octanol–water partition coefficient (Wildman–Crippen LogP) is -2.41. The molecule has 0 aromatic heterocycles. The van der Waals surface area contributed by atoms with Crippen LogP contribution >= 0.6 is 0 Å². The van der Waals surface area contributed by atoms with Crippen LogP contribution in [0.15, 0.2) is 0 Å². The Labute approximate surface area is 64.4 Å². The van der Waals surface area contributed by atoms with Crippen molar-refractivity contribution in [2.24, 2.45) is 5.73 Å². The average molecular weight is 162 g/mol. The quantitative estimate of drug-likeness (QED) is 0.344. The molecule has 5 heteroatoms. The molecule has 0 aromatic carbocycles. The first-order valence-corrected chi connectivity index (χ1v) is 3.38. The van der Waals surface area contributed by atoms with Crippen molar-refractivity contribution in [2.75, 3.05) is 6.61 Å². The molecule has 0 unspecified atom stereocenters. The van der Waals surface area contributed by atoms with Crippen molar-refractivity contribution < 1.29 is 20.1 Å². The summed E-state index contributed by atoms with van der Waals surface area (Å²) in [4.78, 5) is 0. The van der Waals surface area contributed by atoms with Crippen molar-refractivity contribution in [3.63, 3.8) is 0 Å². The molecular formula is C6H12NO4. The molecule has 5 N–H and O–H groups in total. The van der Waals surface area contributed by atoms with Gasteiger partial charge in [0.15, 0.2) is 0 Å². The van der Waals surface area contributed by atoms with Crippen molar-refractivity contribution in [3.8, 4) is 0 Å². The molecule has 0 bridgehead atoms. The highest BCUT2D eigenvalue weighted by molar-refractivity contribution is 4.93. The minimum absolute atomic E-state index is 0.332. The maximum absolute atomic E-state index is 9.17. The summed E-state index contributed by atoms with van der Waals surface area (Å²) in [6, 6.07) is -0.687. The van der Waals surface area contributed by atoms with Crippen molar-refractivity contribution in [1.29, 1.82) is 0 Å². The van der Waals surface area contributed by atoms with E-state index in [-0.39, 0.29) is 6.61 Å². The minimum Gasteiger partial charge on any atom is -0.394 e. The lowest BCUT2D eigenvalue weighted by Gasteiger charge is -2.34. The molecule has 5 nitrogen and oxygen atoms in total. The van der Waals surface area contributed by atoms with Gasteiger partial charge in [-0.2, -0.15) is 0 Å². The van der Waals surface area contributed by atoms with E-state index >= 15 is 0 Å². The van der Waals surface area contributed by atoms with E-state index in [1.807, 2.05) is 0 Å². The maximum atomic E-state index is 9.17. The van der Waals surface area contributed by atoms with Crippen LogP contribution in [0.25, 0.3) is 0 Å². The van der Waals surface area contributed by atoms with Crippen molar-refractivity contribution in [3.05, 3.63) is 6.61 Å². The van der Waals surface area contributed by atoms with Crippen molar-refractivity contribution >= 4 is 0 Å². The number of hydrogen-bond acceptors (Lipinski definition) is 5. The fraction of sp³-hybridized carbons (Fsp3) is 0.833. The highest BCUT2D eigenvalue weighted by atomic mass is 16.5. The Morgan fingerprint density at radius 1 is 1.36 bits per heavy atom. The summed E-state index contributed by atoms with van der Waals surface area (Å²) in [6.45, 7) is 0.889. The summed E-state index contributed by atoms with van der Waals surface area (Å²) in [7, 11) is 0. The Bertz CT molecular complexity index is 130. The predicted molar refractivity (Wildman–Crippen MR) is 36.2 cm³/mol. The fourth-order valence-electron chi connectivity index (χ4n) is 0.951. The van der Waals surface area contributed by atoms with E-state index in [9.17, 15) is 5.11 Å². The van der Waals surface area contributed by atoms with Gasteiger partial charge in [-0.15, -0.1) is 0 Å². The third-order valence-corrected chi connectivity index (χ3v) is 1.72. The van der Waals surface area contributed by atoms with Crippen LogP contribution in [0.1, 0.15) is 0 Å². The first kappa shape index (κ1) is 8.89. The van der Waals surface area contributed by atoms with E-state index in [0.717, 1.165) is 0 Å². The molecule has 1 heterocycles. The van der Waals surface area contributed by atoms with Gasteiger partial charge in [-0.3, -0.25) is 0 Å². The van der Waals surface area contributed by atoms with Gasteiger partial charge in [0.25, 0.3) is 0 Å². The molecule has 1 radical (unpaired) electrons. The van der Waals surface area contributed by atoms with Gasteiger partial charge in [0.2, 0.25) is 0 Å². The standard InChI is InChI=1S/C6H12NO4/c7-3-2-11-4(1-8)6(10)5(3)9/h2-6,8-10H,1,7H2/t3-,4-,5-,6+/m1/s1. The summed E-state index contributed by atoms with van der Waals surface area (Å²) in [6.07, 6.45) is -2.93. The average Bonchev–Trinajstić information content (AvgIpc) is 2.01. The third kappa shape index (κ3) is 1.69. The van der Waals surface area contributed by atoms with E-state index < -0.39 is 24.4 Å².